The first-order valence-electron chi connectivity index (χ1n) is 9.23. The van der Waals surface area contributed by atoms with Crippen molar-refractivity contribution in [1.29, 1.82) is 0 Å². The average Bonchev–Trinajstić information content (AvgIpc) is 3.17. The molecule has 6 heteroatoms. The van der Waals surface area contributed by atoms with Crippen LogP contribution in [0.25, 0.3) is 11.4 Å². The van der Waals surface area contributed by atoms with Crippen LogP contribution in [0, 0.1) is 0 Å². The Bertz CT molecular complexity index is 861. The van der Waals surface area contributed by atoms with Crippen molar-refractivity contribution >= 4 is 11.6 Å². The highest BCUT2D eigenvalue weighted by Crippen LogP contribution is 2.21. The average molecular weight is 384 g/mol. The zero-order valence-corrected chi connectivity index (χ0v) is 15.8. The number of hydrogen-bond donors (Lipinski definition) is 0. The molecule has 27 heavy (non-hydrogen) atoms. The highest BCUT2D eigenvalue weighted by Gasteiger charge is 2.21. The lowest BCUT2D eigenvalue weighted by molar-refractivity contribution is -0.00555. The summed E-state index contributed by atoms with van der Waals surface area (Å²) in [6, 6.07) is 17.8. The van der Waals surface area contributed by atoms with Gasteiger partial charge in [0.2, 0.25) is 11.7 Å². The van der Waals surface area contributed by atoms with E-state index in [-0.39, 0.29) is 0 Å². The minimum atomic E-state index is 0.311. The van der Waals surface area contributed by atoms with Crippen LogP contribution in [0.4, 0.5) is 0 Å². The molecule has 1 fully saturated rings. The number of nitrogens with zero attached hydrogens (tertiary/aromatic N) is 3. The van der Waals surface area contributed by atoms with Crippen molar-refractivity contribution in [2.24, 2.45) is 0 Å². The van der Waals surface area contributed by atoms with Gasteiger partial charge in [-0.25, -0.2) is 0 Å². The van der Waals surface area contributed by atoms with Crippen LogP contribution >= 0.6 is 11.6 Å². The lowest BCUT2D eigenvalue weighted by atomic mass is 10.1. The molecule has 1 aliphatic rings. The van der Waals surface area contributed by atoms with Gasteiger partial charge in [0.25, 0.3) is 0 Å². The molecule has 1 aliphatic heterocycles. The second-order valence-electron chi connectivity index (χ2n) is 6.79. The van der Waals surface area contributed by atoms with Crippen molar-refractivity contribution < 1.29 is 9.26 Å². The molecule has 0 saturated carbocycles. The lowest BCUT2D eigenvalue weighted by Gasteiger charge is -2.30. The van der Waals surface area contributed by atoms with Crippen LogP contribution in [0.2, 0.25) is 5.02 Å². The first-order chi connectivity index (χ1) is 13.3. The number of piperidine rings is 1. The number of rotatable bonds is 6. The zero-order valence-electron chi connectivity index (χ0n) is 15.1. The Morgan fingerprint density at radius 3 is 2.67 bits per heavy atom. The third-order valence-electron chi connectivity index (χ3n) is 4.77. The van der Waals surface area contributed by atoms with E-state index < -0.39 is 0 Å². The van der Waals surface area contributed by atoms with E-state index in [9.17, 15) is 0 Å². The number of benzene rings is 2. The molecule has 4 rings (SSSR count). The summed E-state index contributed by atoms with van der Waals surface area (Å²) < 4.78 is 11.5. The molecular weight excluding hydrogens is 362 g/mol. The minimum absolute atomic E-state index is 0.311. The smallest absolute Gasteiger partial charge is 0.241 e. The summed E-state index contributed by atoms with van der Waals surface area (Å²) in [5.74, 6) is 1.21. The van der Waals surface area contributed by atoms with E-state index >= 15 is 0 Å². The normalized spacial score (nSPS) is 15.9. The van der Waals surface area contributed by atoms with Crippen molar-refractivity contribution in [3.8, 4) is 11.4 Å². The third-order valence-corrected chi connectivity index (χ3v) is 5.01. The van der Waals surface area contributed by atoms with Gasteiger partial charge < -0.3 is 9.26 Å². The second-order valence-corrected chi connectivity index (χ2v) is 7.23. The molecule has 3 aromatic rings. The summed E-state index contributed by atoms with van der Waals surface area (Å²) in [7, 11) is 0. The molecule has 0 spiro atoms. The summed E-state index contributed by atoms with van der Waals surface area (Å²) >= 11 is 6.03. The Hall–Kier alpha value is -2.21. The molecule has 0 aliphatic carbocycles. The summed E-state index contributed by atoms with van der Waals surface area (Å²) in [5.41, 5.74) is 2.09. The molecule has 0 atom stereocenters. The van der Waals surface area contributed by atoms with Gasteiger partial charge in [-0.15, -0.1) is 0 Å². The van der Waals surface area contributed by atoms with Gasteiger partial charge in [0.15, 0.2) is 0 Å². The van der Waals surface area contributed by atoms with Gasteiger partial charge in [0.05, 0.1) is 19.3 Å². The number of halogens is 1. The Balaban J connectivity index is 1.26. The molecule has 0 amide bonds. The monoisotopic (exact) mass is 383 g/mol. The molecule has 140 valence electrons. The van der Waals surface area contributed by atoms with Crippen molar-refractivity contribution in [3.63, 3.8) is 0 Å². The van der Waals surface area contributed by atoms with E-state index in [1.165, 1.54) is 5.56 Å². The summed E-state index contributed by atoms with van der Waals surface area (Å²) in [4.78, 5) is 6.83. The van der Waals surface area contributed by atoms with Crippen LogP contribution in [-0.2, 0) is 17.9 Å². The number of likely N-dealkylation sites (tertiary alicyclic amines) is 1. The number of aromatic nitrogens is 2. The van der Waals surface area contributed by atoms with Crippen molar-refractivity contribution in [2.45, 2.75) is 32.1 Å². The molecule has 0 bridgehead atoms. The van der Waals surface area contributed by atoms with E-state index in [2.05, 4.69) is 27.2 Å². The Labute approximate surface area is 163 Å². The predicted molar refractivity (Wildman–Crippen MR) is 104 cm³/mol. The molecule has 2 heterocycles. The maximum atomic E-state index is 6.05. The van der Waals surface area contributed by atoms with E-state index in [0.29, 0.717) is 36.0 Å². The molecule has 5 nitrogen and oxygen atoms in total. The SMILES string of the molecule is Clc1cccc(-c2noc(CN3CCC(OCc4ccccc4)CC3)n2)c1. The molecule has 2 aromatic carbocycles. The maximum Gasteiger partial charge on any atom is 0.241 e. The van der Waals surface area contributed by atoms with Gasteiger partial charge in [-0.05, 0) is 30.5 Å². The topological polar surface area (TPSA) is 51.4 Å². The van der Waals surface area contributed by atoms with E-state index in [1.54, 1.807) is 0 Å². The van der Waals surface area contributed by atoms with Crippen LogP contribution in [0.1, 0.15) is 24.3 Å². The number of hydrogen-bond acceptors (Lipinski definition) is 5. The van der Waals surface area contributed by atoms with Gasteiger partial charge in [-0.2, -0.15) is 4.98 Å². The van der Waals surface area contributed by atoms with Crippen LogP contribution in [-0.4, -0.2) is 34.2 Å². The molecule has 0 N–H and O–H groups in total. The first kappa shape index (κ1) is 18.2. The van der Waals surface area contributed by atoms with Crippen LogP contribution < -0.4 is 0 Å². The van der Waals surface area contributed by atoms with Gasteiger partial charge in [-0.3, -0.25) is 4.90 Å². The van der Waals surface area contributed by atoms with Gasteiger partial charge in [-0.1, -0.05) is 59.2 Å². The van der Waals surface area contributed by atoms with Crippen molar-refractivity contribution in [3.05, 3.63) is 71.1 Å². The number of ether oxygens (including phenoxy) is 1. The fourth-order valence-electron chi connectivity index (χ4n) is 3.28. The molecule has 1 saturated heterocycles. The van der Waals surface area contributed by atoms with Crippen LogP contribution in [0.15, 0.2) is 59.1 Å². The fourth-order valence-corrected chi connectivity index (χ4v) is 3.47. The Morgan fingerprint density at radius 1 is 1.07 bits per heavy atom. The zero-order chi connectivity index (χ0) is 18.5. The quantitative estimate of drug-likeness (QED) is 0.624. The minimum Gasteiger partial charge on any atom is -0.373 e. The summed E-state index contributed by atoms with van der Waals surface area (Å²) in [6.07, 6.45) is 2.34. The predicted octanol–water partition coefficient (Wildman–Crippen LogP) is 4.57. The van der Waals surface area contributed by atoms with E-state index in [0.717, 1.165) is 31.5 Å². The van der Waals surface area contributed by atoms with Crippen LogP contribution in [0.3, 0.4) is 0 Å². The Kier molecular flexibility index (Phi) is 5.82. The molecule has 0 unspecified atom stereocenters. The van der Waals surface area contributed by atoms with Crippen molar-refractivity contribution in [2.75, 3.05) is 13.1 Å². The fraction of sp³-hybridized carbons (Fsp3) is 0.333. The molecular formula is C21H22ClN3O2. The molecule has 0 radical (unpaired) electrons. The summed E-state index contributed by atoms with van der Waals surface area (Å²) in [6.45, 7) is 3.28. The van der Waals surface area contributed by atoms with Gasteiger partial charge in [0.1, 0.15) is 0 Å². The van der Waals surface area contributed by atoms with E-state index in [4.69, 9.17) is 20.9 Å². The third kappa shape index (κ3) is 4.95. The lowest BCUT2D eigenvalue weighted by Crippen LogP contribution is -2.36. The highest BCUT2D eigenvalue weighted by atomic mass is 35.5. The maximum absolute atomic E-state index is 6.05. The Morgan fingerprint density at radius 2 is 1.89 bits per heavy atom. The largest absolute Gasteiger partial charge is 0.373 e. The summed E-state index contributed by atoms with van der Waals surface area (Å²) in [5, 5.41) is 4.74. The van der Waals surface area contributed by atoms with Gasteiger partial charge in [0, 0.05) is 23.7 Å². The first-order valence-corrected chi connectivity index (χ1v) is 9.60. The van der Waals surface area contributed by atoms with Crippen LogP contribution in [0.5, 0.6) is 0 Å². The van der Waals surface area contributed by atoms with E-state index in [1.807, 2.05) is 42.5 Å². The van der Waals surface area contributed by atoms with Gasteiger partial charge >= 0.3 is 0 Å². The molecule has 1 aromatic heterocycles. The highest BCUT2D eigenvalue weighted by molar-refractivity contribution is 6.30. The second kappa shape index (κ2) is 8.65. The van der Waals surface area contributed by atoms with Crippen molar-refractivity contribution in [1.82, 2.24) is 15.0 Å². The standard InChI is InChI=1S/C21H22ClN3O2/c22-18-8-4-7-17(13-18)21-23-20(27-24-21)14-25-11-9-19(10-12-25)26-15-16-5-2-1-3-6-16/h1-8,13,19H,9-12,14-15H2.